The summed E-state index contributed by atoms with van der Waals surface area (Å²) in [5.41, 5.74) is 3.00. The molecule has 2 aromatic carbocycles. The molecule has 2 aromatic rings. The lowest BCUT2D eigenvalue weighted by Gasteiger charge is -2.28. The van der Waals surface area contributed by atoms with E-state index in [0.717, 1.165) is 37.0 Å². The summed E-state index contributed by atoms with van der Waals surface area (Å²) in [4.78, 5) is 27.0. The molecule has 2 aliphatic rings. The monoisotopic (exact) mass is 350 g/mol. The molecule has 0 radical (unpaired) electrons. The third-order valence-electron chi connectivity index (χ3n) is 4.94. The molecule has 0 spiro atoms. The van der Waals surface area contributed by atoms with Crippen LogP contribution in [0.5, 0.6) is 5.75 Å². The third-order valence-corrected chi connectivity index (χ3v) is 4.94. The molecule has 2 aliphatic heterocycles. The van der Waals surface area contributed by atoms with Gasteiger partial charge in [0.2, 0.25) is 5.91 Å². The first-order chi connectivity index (χ1) is 12.7. The molecule has 1 saturated heterocycles. The molecule has 26 heavy (non-hydrogen) atoms. The number of para-hydroxylation sites is 2. The summed E-state index contributed by atoms with van der Waals surface area (Å²) in [6.07, 6.45) is 4.36. The molecule has 5 nitrogen and oxygen atoms in total. The number of aryl methyl sites for hydroxylation is 1. The summed E-state index contributed by atoms with van der Waals surface area (Å²) < 4.78 is 5.78. The number of carbonyl (C=O) groups excluding carboxylic acids is 2. The van der Waals surface area contributed by atoms with Crippen LogP contribution in [0, 0.1) is 0 Å². The van der Waals surface area contributed by atoms with Gasteiger partial charge in [0.05, 0.1) is 23.5 Å². The Kier molecular flexibility index (Phi) is 4.61. The van der Waals surface area contributed by atoms with E-state index in [1.807, 2.05) is 36.4 Å². The van der Waals surface area contributed by atoms with Gasteiger partial charge in [0.25, 0.3) is 5.91 Å². The summed E-state index contributed by atoms with van der Waals surface area (Å²) in [7, 11) is 0. The van der Waals surface area contributed by atoms with E-state index in [2.05, 4.69) is 5.32 Å². The number of hydrogen-bond acceptors (Lipinski definition) is 3. The molecule has 2 amide bonds. The molecule has 0 aliphatic carbocycles. The number of hydrogen-bond donors (Lipinski definition) is 1. The number of amides is 2. The number of benzene rings is 2. The Balaban J connectivity index is 1.63. The van der Waals surface area contributed by atoms with Gasteiger partial charge in [-0.1, -0.05) is 24.3 Å². The molecule has 1 N–H and O–H groups in total. The largest absolute Gasteiger partial charge is 0.491 e. The van der Waals surface area contributed by atoms with Crippen molar-refractivity contribution >= 4 is 23.2 Å². The Hall–Kier alpha value is -2.82. The Morgan fingerprint density at radius 3 is 2.77 bits per heavy atom. The van der Waals surface area contributed by atoms with Crippen molar-refractivity contribution in [2.45, 2.75) is 32.1 Å². The maximum absolute atomic E-state index is 13.0. The first kappa shape index (κ1) is 16.6. The van der Waals surface area contributed by atoms with Crippen molar-refractivity contribution in [2.24, 2.45) is 0 Å². The molecule has 2 heterocycles. The van der Waals surface area contributed by atoms with E-state index in [0.29, 0.717) is 36.5 Å². The Morgan fingerprint density at radius 2 is 1.88 bits per heavy atom. The van der Waals surface area contributed by atoms with E-state index in [9.17, 15) is 9.59 Å². The maximum Gasteiger partial charge on any atom is 0.257 e. The van der Waals surface area contributed by atoms with Crippen LogP contribution in [0.2, 0.25) is 0 Å². The van der Waals surface area contributed by atoms with Crippen molar-refractivity contribution in [2.75, 3.05) is 23.4 Å². The van der Waals surface area contributed by atoms with Crippen molar-refractivity contribution in [3.63, 3.8) is 0 Å². The second-order valence-electron chi connectivity index (χ2n) is 6.72. The highest BCUT2D eigenvalue weighted by molar-refractivity contribution is 6.11. The zero-order chi connectivity index (χ0) is 17.9. The molecule has 1 fully saturated rings. The molecule has 5 heteroatoms. The van der Waals surface area contributed by atoms with Crippen LogP contribution in [-0.2, 0) is 11.2 Å². The molecule has 134 valence electrons. The van der Waals surface area contributed by atoms with E-state index in [1.54, 1.807) is 11.0 Å². The molecule has 0 atom stereocenters. The average Bonchev–Trinajstić information content (AvgIpc) is 2.69. The van der Waals surface area contributed by atoms with Gasteiger partial charge in [0.15, 0.2) is 0 Å². The number of carbonyl (C=O) groups is 2. The number of piperidine rings is 1. The van der Waals surface area contributed by atoms with E-state index in [-0.39, 0.29) is 11.8 Å². The van der Waals surface area contributed by atoms with E-state index >= 15 is 0 Å². The van der Waals surface area contributed by atoms with Crippen LogP contribution < -0.4 is 15.0 Å². The lowest BCUT2D eigenvalue weighted by atomic mass is 10.0. The summed E-state index contributed by atoms with van der Waals surface area (Å²) in [5, 5.41) is 2.98. The van der Waals surface area contributed by atoms with Crippen LogP contribution in [0.4, 0.5) is 11.4 Å². The van der Waals surface area contributed by atoms with Gasteiger partial charge in [-0.2, -0.15) is 0 Å². The lowest BCUT2D eigenvalue weighted by Crippen LogP contribution is -2.36. The fourth-order valence-electron chi connectivity index (χ4n) is 3.64. The van der Waals surface area contributed by atoms with E-state index < -0.39 is 0 Å². The Bertz CT molecular complexity index is 847. The zero-order valence-corrected chi connectivity index (χ0v) is 14.7. The Morgan fingerprint density at radius 1 is 1.00 bits per heavy atom. The second kappa shape index (κ2) is 7.20. The first-order valence-corrected chi connectivity index (χ1v) is 9.19. The average molecular weight is 350 g/mol. The first-order valence-electron chi connectivity index (χ1n) is 9.19. The summed E-state index contributed by atoms with van der Waals surface area (Å²) in [6.45, 7) is 1.33. The fourth-order valence-corrected chi connectivity index (χ4v) is 3.64. The highest BCUT2D eigenvalue weighted by atomic mass is 16.5. The van der Waals surface area contributed by atoms with Crippen LogP contribution in [0.15, 0.2) is 42.5 Å². The normalized spacial score (nSPS) is 16.6. The van der Waals surface area contributed by atoms with Crippen molar-refractivity contribution in [3.05, 3.63) is 53.6 Å². The van der Waals surface area contributed by atoms with Crippen LogP contribution in [0.1, 0.15) is 41.6 Å². The van der Waals surface area contributed by atoms with Gasteiger partial charge in [0, 0.05) is 13.0 Å². The van der Waals surface area contributed by atoms with Crippen LogP contribution in [-0.4, -0.2) is 25.0 Å². The number of anilines is 2. The van der Waals surface area contributed by atoms with Gasteiger partial charge in [-0.05, 0) is 49.4 Å². The Labute approximate surface area is 153 Å². The molecule has 4 rings (SSSR count). The predicted octanol–water partition coefficient (Wildman–Crippen LogP) is 3.78. The topological polar surface area (TPSA) is 58.6 Å². The third kappa shape index (κ3) is 3.17. The van der Waals surface area contributed by atoms with Gasteiger partial charge < -0.3 is 15.0 Å². The minimum Gasteiger partial charge on any atom is -0.491 e. The molecule has 0 aromatic heterocycles. The van der Waals surface area contributed by atoms with Gasteiger partial charge >= 0.3 is 0 Å². The minimum absolute atomic E-state index is 0.0805. The van der Waals surface area contributed by atoms with E-state index in [1.165, 1.54) is 0 Å². The fraction of sp³-hybridized carbons (Fsp3) is 0.333. The number of ether oxygens (including phenoxy) is 1. The maximum atomic E-state index is 13.0. The minimum atomic E-state index is -0.221. The van der Waals surface area contributed by atoms with Crippen molar-refractivity contribution < 1.29 is 14.3 Å². The standard InChI is InChI=1S/C21H22N2O3/c24-19-12-3-4-13-23(19)18-11-2-1-9-16(18)21(25)22-17-10-5-7-15-8-6-14-26-20(15)17/h1-2,5,7,9-11H,3-4,6,8,12-14H2,(H,22,25). The van der Waals surface area contributed by atoms with Crippen LogP contribution >= 0.6 is 0 Å². The van der Waals surface area contributed by atoms with Gasteiger partial charge in [0.1, 0.15) is 5.75 Å². The van der Waals surface area contributed by atoms with Crippen LogP contribution in [0.25, 0.3) is 0 Å². The van der Waals surface area contributed by atoms with Crippen molar-refractivity contribution in [1.82, 2.24) is 0 Å². The van der Waals surface area contributed by atoms with Crippen molar-refractivity contribution in [1.29, 1.82) is 0 Å². The number of rotatable bonds is 3. The lowest BCUT2D eigenvalue weighted by molar-refractivity contribution is -0.119. The highest BCUT2D eigenvalue weighted by Crippen LogP contribution is 2.34. The van der Waals surface area contributed by atoms with Gasteiger partial charge in [-0.25, -0.2) is 0 Å². The van der Waals surface area contributed by atoms with Gasteiger partial charge in [-0.15, -0.1) is 0 Å². The summed E-state index contributed by atoms with van der Waals surface area (Å²) in [6, 6.07) is 13.1. The molecule has 0 bridgehead atoms. The summed E-state index contributed by atoms with van der Waals surface area (Å²) in [5.74, 6) is 0.622. The van der Waals surface area contributed by atoms with Crippen molar-refractivity contribution in [3.8, 4) is 5.75 Å². The summed E-state index contributed by atoms with van der Waals surface area (Å²) >= 11 is 0. The number of fused-ring (bicyclic) bond motifs is 1. The van der Waals surface area contributed by atoms with E-state index in [4.69, 9.17) is 4.74 Å². The SMILES string of the molecule is O=C(Nc1cccc2c1OCCC2)c1ccccc1N1CCCCC1=O. The highest BCUT2D eigenvalue weighted by Gasteiger charge is 2.24. The van der Waals surface area contributed by atoms with Crippen LogP contribution in [0.3, 0.4) is 0 Å². The molecule has 0 saturated carbocycles. The molecular formula is C21H22N2O3. The molecule has 0 unspecified atom stereocenters. The predicted molar refractivity (Wildman–Crippen MR) is 101 cm³/mol. The zero-order valence-electron chi connectivity index (χ0n) is 14.7. The number of nitrogens with one attached hydrogen (secondary N) is 1. The quantitative estimate of drug-likeness (QED) is 0.916. The molecular weight excluding hydrogens is 328 g/mol. The smallest absolute Gasteiger partial charge is 0.257 e. The second-order valence-corrected chi connectivity index (χ2v) is 6.72. The van der Waals surface area contributed by atoms with Gasteiger partial charge in [-0.3, -0.25) is 9.59 Å². The number of nitrogens with zero attached hydrogens (tertiary/aromatic N) is 1.